The maximum atomic E-state index is 12.6. The summed E-state index contributed by atoms with van der Waals surface area (Å²) in [5.74, 6) is -2.96. The number of carbonyl (C=O) groups excluding carboxylic acids is 5. The first kappa shape index (κ1) is 24.6. The summed E-state index contributed by atoms with van der Waals surface area (Å²) in [7, 11) is 1.53. The van der Waals surface area contributed by atoms with Gasteiger partial charge in [0.15, 0.2) is 6.61 Å². The van der Waals surface area contributed by atoms with Gasteiger partial charge in [-0.05, 0) is 55.9 Å². The van der Waals surface area contributed by atoms with Gasteiger partial charge in [0, 0.05) is 25.1 Å². The number of amides is 4. The molecule has 0 spiro atoms. The van der Waals surface area contributed by atoms with E-state index in [9.17, 15) is 24.0 Å². The first-order valence-electron chi connectivity index (χ1n) is 11.2. The zero-order chi connectivity index (χ0) is 25.1. The van der Waals surface area contributed by atoms with Crippen molar-refractivity contribution in [3.8, 4) is 0 Å². The Morgan fingerprint density at radius 2 is 1.86 bits per heavy atom. The number of nitrogens with two attached hydrogens (primary N) is 1. The molecule has 4 rings (SSSR count). The Morgan fingerprint density at radius 1 is 1.11 bits per heavy atom. The second kappa shape index (κ2) is 10.4. The molecule has 35 heavy (non-hydrogen) atoms. The molecule has 2 heterocycles. The van der Waals surface area contributed by atoms with Gasteiger partial charge in [-0.15, -0.1) is 11.3 Å². The predicted octanol–water partition coefficient (Wildman–Crippen LogP) is 2.15. The van der Waals surface area contributed by atoms with Crippen molar-refractivity contribution in [1.29, 1.82) is 0 Å². The molecule has 0 radical (unpaired) electrons. The van der Waals surface area contributed by atoms with E-state index in [1.807, 2.05) is 0 Å². The highest BCUT2D eigenvalue weighted by molar-refractivity contribution is 7.17. The number of hydrogen-bond acceptors (Lipinski definition) is 8. The minimum absolute atomic E-state index is 0.0425. The highest BCUT2D eigenvalue weighted by Gasteiger charge is 2.35. The van der Waals surface area contributed by atoms with Gasteiger partial charge in [0.05, 0.1) is 22.3 Å². The average Bonchev–Trinajstić information content (AvgIpc) is 3.32. The number of esters is 1. The molecule has 3 N–H and O–H groups in total. The first-order chi connectivity index (χ1) is 16.8. The number of ether oxygens (including phenoxy) is 2. The van der Waals surface area contributed by atoms with Crippen molar-refractivity contribution in [2.45, 2.75) is 32.1 Å². The molecule has 2 aromatic rings. The third-order valence-electron chi connectivity index (χ3n) is 5.94. The highest BCUT2D eigenvalue weighted by Crippen LogP contribution is 2.37. The van der Waals surface area contributed by atoms with E-state index in [-0.39, 0.29) is 23.2 Å². The second-order valence-corrected chi connectivity index (χ2v) is 9.38. The minimum Gasteiger partial charge on any atom is -0.452 e. The van der Waals surface area contributed by atoms with Crippen LogP contribution < -0.4 is 11.1 Å². The van der Waals surface area contributed by atoms with Gasteiger partial charge in [-0.1, -0.05) is 0 Å². The van der Waals surface area contributed by atoms with Crippen LogP contribution in [0.1, 0.15) is 71.1 Å². The van der Waals surface area contributed by atoms with Crippen LogP contribution >= 0.6 is 11.3 Å². The Balaban J connectivity index is 1.39. The number of nitrogens with one attached hydrogen (secondary N) is 1. The Morgan fingerprint density at radius 3 is 2.60 bits per heavy atom. The van der Waals surface area contributed by atoms with Crippen molar-refractivity contribution >= 4 is 45.9 Å². The monoisotopic (exact) mass is 499 g/mol. The largest absolute Gasteiger partial charge is 0.452 e. The lowest BCUT2D eigenvalue weighted by Crippen LogP contribution is -2.31. The van der Waals surface area contributed by atoms with Gasteiger partial charge >= 0.3 is 5.97 Å². The molecule has 11 heteroatoms. The number of primary amides is 1. The summed E-state index contributed by atoms with van der Waals surface area (Å²) >= 11 is 1.32. The molecule has 0 saturated heterocycles. The minimum atomic E-state index is -0.818. The van der Waals surface area contributed by atoms with Crippen LogP contribution in [0.2, 0.25) is 0 Å². The third-order valence-corrected chi connectivity index (χ3v) is 7.15. The van der Waals surface area contributed by atoms with Crippen LogP contribution in [0.5, 0.6) is 0 Å². The molecule has 1 aromatic carbocycles. The van der Waals surface area contributed by atoms with Gasteiger partial charge in [-0.3, -0.25) is 24.1 Å². The normalized spacial score (nSPS) is 14.5. The number of thiophene rings is 1. The Bertz CT molecular complexity index is 1220. The molecule has 0 atom stereocenters. The molecule has 1 aromatic heterocycles. The van der Waals surface area contributed by atoms with Crippen molar-refractivity contribution in [2.24, 2.45) is 5.73 Å². The molecule has 0 unspecified atom stereocenters. The summed E-state index contributed by atoms with van der Waals surface area (Å²) in [5.41, 5.74) is 7.11. The van der Waals surface area contributed by atoms with E-state index < -0.39 is 36.2 Å². The molecule has 10 nitrogen and oxygen atoms in total. The number of benzene rings is 1. The Kier molecular flexibility index (Phi) is 7.27. The summed E-state index contributed by atoms with van der Waals surface area (Å²) in [6, 6.07) is 4.07. The van der Waals surface area contributed by atoms with Crippen LogP contribution in [0.15, 0.2) is 18.2 Å². The van der Waals surface area contributed by atoms with Crippen LogP contribution in [-0.2, 0) is 27.1 Å². The second-order valence-electron chi connectivity index (χ2n) is 8.27. The highest BCUT2D eigenvalue weighted by atomic mass is 32.1. The number of imide groups is 1. The van der Waals surface area contributed by atoms with Crippen LogP contribution in [0, 0.1) is 0 Å². The number of fused-ring (bicyclic) bond motifs is 2. The molecule has 4 amide bonds. The van der Waals surface area contributed by atoms with E-state index in [2.05, 4.69) is 5.32 Å². The molecule has 2 aliphatic rings. The van der Waals surface area contributed by atoms with Crippen molar-refractivity contribution in [3.05, 3.63) is 50.9 Å². The van der Waals surface area contributed by atoms with Gasteiger partial charge in [-0.2, -0.15) is 0 Å². The lowest BCUT2D eigenvalue weighted by atomic mass is 9.95. The fourth-order valence-corrected chi connectivity index (χ4v) is 5.59. The number of aryl methyl sites for hydroxylation is 1. The van der Waals surface area contributed by atoms with E-state index in [4.69, 9.17) is 15.2 Å². The molecule has 184 valence electrons. The Hall–Kier alpha value is -3.57. The predicted molar refractivity (Wildman–Crippen MR) is 127 cm³/mol. The van der Waals surface area contributed by atoms with Gasteiger partial charge in [-0.25, -0.2) is 4.79 Å². The molecule has 1 aliphatic carbocycles. The van der Waals surface area contributed by atoms with Crippen molar-refractivity contribution in [1.82, 2.24) is 4.90 Å². The standard InChI is InChI=1S/C24H25N3O7S/c1-33-10-4-9-27-22(30)14-8-7-13(11-16(14)23(27)31)24(32)34-12-18(28)26-21-19(20(25)29)15-5-2-3-6-17(15)35-21/h7-8,11H,2-6,9-10,12H2,1H3,(H2,25,29)(H,26,28). The van der Waals surface area contributed by atoms with E-state index in [1.54, 1.807) is 0 Å². The average molecular weight is 500 g/mol. The number of anilines is 1. The number of hydrogen-bond donors (Lipinski definition) is 2. The molecule has 0 saturated carbocycles. The summed E-state index contributed by atoms with van der Waals surface area (Å²) in [6.45, 7) is 0.0222. The van der Waals surface area contributed by atoms with Crippen molar-refractivity contribution < 1.29 is 33.4 Å². The lowest BCUT2D eigenvalue weighted by Gasteiger charge is -2.12. The summed E-state index contributed by atoms with van der Waals surface area (Å²) in [6.07, 6.45) is 4.02. The van der Waals surface area contributed by atoms with E-state index in [1.165, 1.54) is 36.6 Å². The maximum Gasteiger partial charge on any atom is 0.338 e. The van der Waals surface area contributed by atoms with Crippen molar-refractivity contribution in [3.63, 3.8) is 0 Å². The van der Waals surface area contributed by atoms with E-state index in [0.29, 0.717) is 23.6 Å². The Labute approximate surface area is 205 Å². The van der Waals surface area contributed by atoms with Crippen LogP contribution in [-0.4, -0.2) is 61.4 Å². The van der Waals surface area contributed by atoms with Crippen molar-refractivity contribution in [2.75, 3.05) is 32.2 Å². The number of carbonyl (C=O) groups is 5. The summed E-state index contributed by atoms with van der Waals surface area (Å²) in [4.78, 5) is 64.2. The van der Waals surface area contributed by atoms with E-state index >= 15 is 0 Å². The first-order valence-corrected chi connectivity index (χ1v) is 12.0. The number of methoxy groups -OCH3 is 1. The van der Waals surface area contributed by atoms with Crippen LogP contribution in [0.4, 0.5) is 5.00 Å². The summed E-state index contributed by atoms with van der Waals surface area (Å²) < 4.78 is 10.1. The fraction of sp³-hybridized carbons (Fsp3) is 0.375. The van der Waals surface area contributed by atoms with Gasteiger partial charge in [0.1, 0.15) is 5.00 Å². The molecule has 1 aliphatic heterocycles. The fourth-order valence-electron chi connectivity index (χ4n) is 4.28. The molecular formula is C24H25N3O7S. The summed E-state index contributed by atoms with van der Waals surface area (Å²) in [5, 5.41) is 2.99. The van der Waals surface area contributed by atoms with Crippen LogP contribution in [0.25, 0.3) is 0 Å². The van der Waals surface area contributed by atoms with Crippen LogP contribution in [0.3, 0.4) is 0 Å². The van der Waals surface area contributed by atoms with E-state index in [0.717, 1.165) is 41.0 Å². The quantitative estimate of drug-likeness (QED) is 0.305. The number of rotatable bonds is 9. The van der Waals surface area contributed by atoms with Gasteiger partial charge in [0.25, 0.3) is 23.6 Å². The molecular weight excluding hydrogens is 474 g/mol. The molecule has 0 fully saturated rings. The smallest absolute Gasteiger partial charge is 0.338 e. The zero-order valence-corrected chi connectivity index (χ0v) is 20.0. The lowest BCUT2D eigenvalue weighted by molar-refractivity contribution is -0.119. The zero-order valence-electron chi connectivity index (χ0n) is 19.2. The molecule has 0 bridgehead atoms. The SMILES string of the molecule is COCCCN1C(=O)c2ccc(C(=O)OCC(=O)Nc3sc4c(c3C(N)=O)CCCC4)cc2C1=O. The maximum absolute atomic E-state index is 12.6. The number of nitrogens with zero attached hydrogens (tertiary/aromatic N) is 1. The third kappa shape index (κ3) is 4.96. The van der Waals surface area contributed by atoms with Gasteiger partial charge < -0.3 is 20.5 Å². The topological polar surface area (TPSA) is 145 Å². The van der Waals surface area contributed by atoms with Gasteiger partial charge in [0.2, 0.25) is 0 Å².